The Bertz CT molecular complexity index is 1230. The number of benzene rings is 1. The van der Waals surface area contributed by atoms with Gasteiger partial charge in [-0.2, -0.15) is 10.2 Å². The van der Waals surface area contributed by atoms with Crippen molar-refractivity contribution >= 4 is 17.7 Å². The van der Waals surface area contributed by atoms with E-state index in [0.29, 0.717) is 11.4 Å². The lowest BCUT2D eigenvalue weighted by atomic mass is 9.87. The number of fused-ring (bicyclic) bond motifs is 1. The van der Waals surface area contributed by atoms with E-state index < -0.39 is 11.5 Å². The summed E-state index contributed by atoms with van der Waals surface area (Å²) in [4.78, 5) is 29.3. The number of methoxy groups -OCH3 is 1. The summed E-state index contributed by atoms with van der Waals surface area (Å²) in [6.45, 7) is 6.31. The quantitative estimate of drug-likeness (QED) is 0.373. The molecule has 0 saturated carbocycles. The molecule has 0 unspecified atom stereocenters. The van der Waals surface area contributed by atoms with E-state index in [1.807, 2.05) is 12.1 Å². The van der Waals surface area contributed by atoms with Gasteiger partial charge in [-0.05, 0) is 41.3 Å². The van der Waals surface area contributed by atoms with Crippen molar-refractivity contribution in [3.8, 4) is 17.7 Å². The molecule has 0 radical (unpaired) electrons. The van der Waals surface area contributed by atoms with Crippen LogP contribution in [0.4, 0.5) is 0 Å². The largest absolute Gasteiger partial charge is 0.465 e. The molecule has 0 bridgehead atoms. The minimum absolute atomic E-state index is 0.00800. The number of nitriles is 1. The number of carbonyl (C=O) groups is 1. The van der Waals surface area contributed by atoms with Gasteiger partial charge in [-0.25, -0.2) is 4.79 Å². The van der Waals surface area contributed by atoms with E-state index in [1.54, 1.807) is 42.6 Å². The van der Waals surface area contributed by atoms with Crippen LogP contribution in [-0.2, 0) is 14.9 Å². The molecule has 7 heteroatoms. The number of nitrogens with zero attached hydrogens (tertiary/aromatic N) is 3. The van der Waals surface area contributed by atoms with Crippen molar-refractivity contribution < 1.29 is 14.3 Å². The Labute approximate surface area is 173 Å². The highest BCUT2D eigenvalue weighted by Gasteiger charge is 2.18. The summed E-state index contributed by atoms with van der Waals surface area (Å²) < 4.78 is 11.8. The first-order valence-corrected chi connectivity index (χ1v) is 9.24. The van der Waals surface area contributed by atoms with Crippen LogP contribution in [0, 0.1) is 11.3 Å². The molecule has 0 spiro atoms. The van der Waals surface area contributed by atoms with Crippen LogP contribution in [0.2, 0.25) is 0 Å². The van der Waals surface area contributed by atoms with Crippen molar-refractivity contribution in [2.75, 3.05) is 7.11 Å². The van der Waals surface area contributed by atoms with Crippen LogP contribution in [0.15, 0.2) is 59.0 Å². The first-order chi connectivity index (χ1) is 14.2. The van der Waals surface area contributed by atoms with Gasteiger partial charge in [-0.15, -0.1) is 0 Å². The Morgan fingerprint density at radius 2 is 1.87 bits per heavy atom. The summed E-state index contributed by atoms with van der Waals surface area (Å²) in [6.07, 6.45) is 2.69. The molecule has 0 atom stereocenters. The molecular weight excluding hydrogens is 382 g/mol. The van der Waals surface area contributed by atoms with E-state index in [0.717, 1.165) is 18.7 Å². The lowest BCUT2D eigenvalue weighted by molar-refractivity contribution is -0.135. The zero-order valence-electron chi connectivity index (χ0n) is 17.2. The van der Waals surface area contributed by atoms with Crippen LogP contribution in [0.5, 0.6) is 11.6 Å². The van der Waals surface area contributed by atoms with Crippen LogP contribution >= 0.6 is 0 Å². The molecular formula is C23H21N3O4. The van der Waals surface area contributed by atoms with Gasteiger partial charge in [0.15, 0.2) is 0 Å². The number of pyridine rings is 1. The third-order valence-corrected chi connectivity index (χ3v) is 4.48. The zero-order valence-corrected chi connectivity index (χ0v) is 17.2. The van der Waals surface area contributed by atoms with E-state index in [2.05, 4.69) is 30.5 Å². The molecule has 0 aliphatic carbocycles. The van der Waals surface area contributed by atoms with Crippen LogP contribution in [0.25, 0.3) is 11.7 Å². The van der Waals surface area contributed by atoms with Gasteiger partial charge in [0, 0.05) is 6.20 Å². The number of carbonyl (C=O) groups excluding carboxylic acids is 1. The van der Waals surface area contributed by atoms with E-state index >= 15 is 0 Å². The van der Waals surface area contributed by atoms with Crippen molar-refractivity contribution in [3.05, 3.63) is 75.7 Å². The molecule has 2 aromatic heterocycles. The highest BCUT2D eigenvalue weighted by molar-refractivity contribution is 5.98. The van der Waals surface area contributed by atoms with Crippen molar-refractivity contribution in [1.29, 1.82) is 5.26 Å². The first-order valence-electron chi connectivity index (χ1n) is 9.24. The standard InChI is InChI=1S/C23H21N3O4/c1-23(2,3)16-8-10-17(11-9-16)30-20-18(13-15(14-24)22(28)29-4)21(27)26-12-6-5-7-19(26)25-20/h5-13H,1-4H3/b15-13+. The Morgan fingerprint density at radius 3 is 2.47 bits per heavy atom. The predicted molar refractivity (Wildman–Crippen MR) is 112 cm³/mol. The fourth-order valence-electron chi connectivity index (χ4n) is 2.81. The van der Waals surface area contributed by atoms with Crippen molar-refractivity contribution in [1.82, 2.24) is 9.38 Å². The molecule has 30 heavy (non-hydrogen) atoms. The molecule has 152 valence electrons. The maximum absolute atomic E-state index is 13.0. The SMILES string of the molecule is COC(=O)/C(C#N)=C/c1c(Oc2ccc(C(C)(C)C)cc2)nc2ccccn2c1=O. The summed E-state index contributed by atoms with van der Waals surface area (Å²) in [7, 11) is 1.16. The average Bonchev–Trinajstić information content (AvgIpc) is 2.73. The summed E-state index contributed by atoms with van der Waals surface area (Å²) in [5.74, 6) is -0.386. The van der Waals surface area contributed by atoms with Gasteiger partial charge in [0.05, 0.1) is 7.11 Å². The third-order valence-electron chi connectivity index (χ3n) is 4.48. The topological polar surface area (TPSA) is 93.7 Å². The van der Waals surface area contributed by atoms with Gasteiger partial charge in [0.25, 0.3) is 5.56 Å². The van der Waals surface area contributed by atoms with Crippen molar-refractivity contribution in [2.45, 2.75) is 26.2 Å². The van der Waals surface area contributed by atoms with Crippen LogP contribution in [0.1, 0.15) is 31.9 Å². The molecule has 0 N–H and O–H groups in total. The average molecular weight is 403 g/mol. The van der Waals surface area contributed by atoms with E-state index in [1.165, 1.54) is 4.40 Å². The normalized spacial score (nSPS) is 11.8. The van der Waals surface area contributed by atoms with Gasteiger partial charge in [-0.1, -0.05) is 39.0 Å². The number of hydrogen-bond donors (Lipinski definition) is 0. The maximum Gasteiger partial charge on any atom is 0.348 e. The highest BCUT2D eigenvalue weighted by atomic mass is 16.5. The molecule has 3 aromatic rings. The second-order valence-electron chi connectivity index (χ2n) is 7.60. The maximum atomic E-state index is 13.0. The summed E-state index contributed by atoms with van der Waals surface area (Å²) in [5, 5.41) is 9.29. The van der Waals surface area contributed by atoms with E-state index in [4.69, 9.17) is 4.74 Å². The summed E-state index contributed by atoms with van der Waals surface area (Å²) >= 11 is 0. The van der Waals surface area contributed by atoms with E-state index in [9.17, 15) is 14.9 Å². The second-order valence-corrected chi connectivity index (χ2v) is 7.60. The number of rotatable bonds is 4. The lowest BCUT2D eigenvalue weighted by Crippen LogP contribution is -2.19. The second kappa shape index (κ2) is 8.21. The Hall–Kier alpha value is -3.92. The Balaban J connectivity index is 2.15. The molecule has 0 amide bonds. The fraction of sp³-hybridized carbons (Fsp3) is 0.217. The first kappa shape index (κ1) is 20.8. The highest BCUT2D eigenvalue weighted by Crippen LogP contribution is 2.28. The number of ether oxygens (including phenoxy) is 2. The van der Waals surface area contributed by atoms with Crippen molar-refractivity contribution in [3.63, 3.8) is 0 Å². The fourth-order valence-corrected chi connectivity index (χ4v) is 2.81. The van der Waals surface area contributed by atoms with Crippen LogP contribution in [0.3, 0.4) is 0 Å². The molecule has 0 aliphatic rings. The smallest absolute Gasteiger partial charge is 0.348 e. The van der Waals surface area contributed by atoms with Gasteiger partial charge in [0.2, 0.25) is 5.88 Å². The van der Waals surface area contributed by atoms with Crippen molar-refractivity contribution in [2.24, 2.45) is 0 Å². The minimum Gasteiger partial charge on any atom is -0.465 e. The van der Waals surface area contributed by atoms with Crippen LogP contribution < -0.4 is 10.3 Å². The molecule has 0 fully saturated rings. The molecule has 7 nitrogen and oxygen atoms in total. The molecule has 0 saturated heterocycles. The third kappa shape index (κ3) is 4.23. The predicted octanol–water partition coefficient (Wildman–Crippen LogP) is 3.86. The monoisotopic (exact) mass is 403 g/mol. The molecule has 0 aliphatic heterocycles. The van der Waals surface area contributed by atoms with E-state index in [-0.39, 0.29) is 22.4 Å². The minimum atomic E-state index is -0.851. The van der Waals surface area contributed by atoms with Crippen LogP contribution in [-0.4, -0.2) is 22.5 Å². The Morgan fingerprint density at radius 1 is 1.17 bits per heavy atom. The lowest BCUT2D eigenvalue weighted by Gasteiger charge is -2.19. The Kier molecular flexibility index (Phi) is 5.70. The van der Waals surface area contributed by atoms with Gasteiger partial charge < -0.3 is 9.47 Å². The number of aromatic nitrogens is 2. The zero-order chi connectivity index (χ0) is 21.9. The number of hydrogen-bond acceptors (Lipinski definition) is 6. The molecule has 3 rings (SSSR count). The van der Waals surface area contributed by atoms with Gasteiger partial charge in [-0.3, -0.25) is 9.20 Å². The number of esters is 1. The van der Waals surface area contributed by atoms with Gasteiger partial charge >= 0.3 is 5.97 Å². The summed E-state index contributed by atoms with van der Waals surface area (Å²) in [6, 6.07) is 14.3. The van der Waals surface area contributed by atoms with Gasteiger partial charge in [0.1, 0.15) is 28.6 Å². The molecule has 2 heterocycles. The molecule has 1 aromatic carbocycles. The summed E-state index contributed by atoms with van der Waals surface area (Å²) in [5.41, 5.74) is 0.644.